The minimum absolute atomic E-state index is 0.145. The Morgan fingerprint density at radius 3 is 2.33 bits per heavy atom. The predicted octanol–water partition coefficient (Wildman–Crippen LogP) is 3.93. The maximum absolute atomic E-state index is 14.1. The third kappa shape index (κ3) is 3.80. The molecule has 0 saturated heterocycles. The van der Waals surface area contributed by atoms with Crippen LogP contribution in [-0.2, 0) is 9.59 Å². The number of rotatable bonds is 5. The highest BCUT2D eigenvalue weighted by Gasteiger charge is 2.40. The smallest absolute Gasteiger partial charge is 0.283 e. The van der Waals surface area contributed by atoms with Crippen molar-refractivity contribution in [2.75, 3.05) is 10.2 Å². The lowest BCUT2D eigenvalue weighted by Gasteiger charge is -2.15. The number of halogens is 2. The molecule has 0 unspecified atom stereocenters. The summed E-state index contributed by atoms with van der Waals surface area (Å²) in [4.78, 5) is 38.2. The fraction of sp³-hybridized carbons (Fsp3) is 0.227. The highest BCUT2D eigenvalue weighted by atomic mass is 35.5. The quantitative estimate of drug-likeness (QED) is 0.708. The highest BCUT2D eigenvalue weighted by molar-refractivity contribution is 6.53. The van der Waals surface area contributed by atoms with Gasteiger partial charge in [-0.2, -0.15) is 0 Å². The fourth-order valence-corrected chi connectivity index (χ4v) is 3.86. The van der Waals surface area contributed by atoms with E-state index < -0.39 is 17.6 Å². The lowest BCUT2D eigenvalue weighted by molar-refractivity contribution is -0.120. The first kappa shape index (κ1) is 20.1. The van der Waals surface area contributed by atoms with Gasteiger partial charge in [-0.25, -0.2) is 9.29 Å². The molecule has 0 atom stereocenters. The number of imide groups is 1. The molecule has 154 valence electrons. The molecule has 2 aromatic carbocycles. The summed E-state index contributed by atoms with van der Waals surface area (Å²) in [5.41, 5.74) is 0.654. The van der Waals surface area contributed by atoms with Gasteiger partial charge < -0.3 is 10.6 Å². The van der Waals surface area contributed by atoms with E-state index in [-0.39, 0.29) is 28.4 Å². The average molecular weight is 428 g/mol. The first-order chi connectivity index (χ1) is 14.5. The molecule has 1 heterocycles. The van der Waals surface area contributed by atoms with Gasteiger partial charge in [0, 0.05) is 17.3 Å². The second kappa shape index (κ2) is 8.28. The zero-order chi connectivity index (χ0) is 21.3. The number of anilines is 2. The average Bonchev–Trinajstić information content (AvgIpc) is 3.32. The Bertz CT molecular complexity index is 1050. The number of carbonyl (C=O) groups is 3. The summed E-state index contributed by atoms with van der Waals surface area (Å²) in [6.07, 6.45) is 4.24. The van der Waals surface area contributed by atoms with Gasteiger partial charge in [0.2, 0.25) is 0 Å². The predicted molar refractivity (Wildman–Crippen MR) is 112 cm³/mol. The van der Waals surface area contributed by atoms with E-state index in [1.54, 1.807) is 24.3 Å². The van der Waals surface area contributed by atoms with Crippen molar-refractivity contribution >= 4 is 40.7 Å². The van der Waals surface area contributed by atoms with Gasteiger partial charge in [0.1, 0.15) is 16.5 Å². The van der Waals surface area contributed by atoms with Crippen LogP contribution in [0.3, 0.4) is 0 Å². The summed E-state index contributed by atoms with van der Waals surface area (Å²) in [5.74, 6) is -2.41. The maximum atomic E-state index is 14.1. The number of hydrogen-bond acceptors (Lipinski definition) is 4. The van der Waals surface area contributed by atoms with Gasteiger partial charge in [-0.05, 0) is 49.2 Å². The van der Waals surface area contributed by atoms with E-state index in [0.29, 0.717) is 16.2 Å². The van der Waals surface area contributed by atoms with Crippen molar-refractivity contribution in [1.29, 1.82) is 0 Å². The van der Waals surface area contributed by atoms with Gasteiger partial charge in [0.15, 0.2) is 0 Å². The molecule has 1 aliphatic carbocycles. The third-order valence-corrected chi connectivity index (χ3v) is 5.58. The molecule has 1 fully saturated rings. The van der Waals surface area contributed by atoms with E-state index in [4.69, 9.17) is 11.6 Å². The van der Waals surface area contributed by atoms with Crippen LogP contribution >= 0.6 is 11.6 Å². The van der Waals surface area contributed by atoms with Crippen LogP contribution in [-0.4, -0.2) is 23.8 Å². The summed E-state index contributed by atoms with van der Waals surface area (Å²) in [5, 5.41) is 5.49. The fourth-order valence-electron chi connectivity index (χ4n) is 3.65. The number of hydrogen-bond donors (Lipinski definition) is 2. The number of amides is 3. The third-order valence-electron chi connectivity index (χ3n) is 5.23. The van der Waals surface area contributed by atoms with Crippen LogP contribution in [0.15, 0.2) is 59.3 Å². The van der Waals surface area contributed by atoms with Crippen LogP contribution in [0, 0.1) is 5.82 Å². The molecule has 2 N–H and O–H groups in total. The molecular formula is C22H19ClFN3O3. The van der Waals surface area contributed by atoms with E-state index in [9.17, 15) is 18.8 Å². The normalized spacial score (nSPS) is 17.1. The van der Waals surface area contributed by atoms with E-state index in [1.165, 1.54) is 18.2 Å². The lowest BCUT2D eigenvalue weighted by Crippen LogP contribution is -2.33. The largest absolute Gasteiger partial charge is 0.350 e. The van der Waals surface area contributed by atoms with Crippen LogP contribution < -0.4 is 15.5 Å². The highest BCUT2D eigenvalue weighted by Crippen LogP contribution is 2.31. The number of carbonyl (C=O) groups excluding carboxylic acids is 3. The maximum Gasteiger partial charge on any atom is 0.283 e. The molecule has 6 nitrogen and oxygen atoms in total. The zero-order valence-corrected chi connectivity index (χ0v) is 16.7. The van der Waals surface area contributed by atoms with E-state index in [0.717, 1.165) is 31.7 Å². The molecule has 30 heavy (non-hydrogen) atoms. The minimum atomic E-state index is -0.804. The van der Waals surface area contributed by atoms with Gasteiger partial charge in [0.25, 0.3) is 17.7 Å². The van der Waals surface area contributed by atoms with Crippen LogP contribution in [0.2, 0.25) is 0 Å². The van der Waals surface area contributed by atoms with Gasteiger partial charge in [-0.15, -0.1) is 0 Å². The molecule has 8 heteroatoms. The van der Waals surface area contributed by atoms with Crippen molar-refractivity contribution in [3.05, 3.63) is 70.6 Å². The molecule has 4 rings (SSSR count). The van der Waals surface area contributed by atoms with Crippen molar-refractivity contribution in [1.82, 2.24) is 5.32 Å². The second-order valence-electron chi connectivity index (χ2n) is 7.24. The molecule has 2 aliphatic rings. The summed E-state index contributed by atoms with van der Waals surface area (Å²) in [6.45, 7) is 0. The van der Waals surface area contributed by atoms with Gasteiger partial charge >= 0.3 is 0 Å². The monoisotopic (exact) mass is 427 g/mol. The Kier molecular flexibility index (Phi) is 5.55. The Balaban J connectivity index is 1.48. The van der Waals surface area contributed by atoms with Gasteiger partial charge in [-0.3, -0.25) is 14.4 Å². The second-order valence-corrected chi connectivity index (χ2v) is 7.62. The molecule has 0 aromatic heterocycles. The lowest BCUT2D eigenvalue weighted by atomic mass is 10.1. The summed E-state index contributed by atoms with van der Waals surface area (Å²) in [7, 11) is 0. The molecule has 1 aliphatic heterocycles. The molecule has 0 radical (unpaired) electrons. The van der Waals surface area contributed by atoms with Crippen LogP contribution in [0.5, 0.6) is 0 Å². The standard InChI is InChI=1S/C22H19ClFN3O3/c23-18-19(22(30)27(21(18)29)17-8-4-3-7-16(17)24)25-15-11-9-13(10-12-15)20(28)26-14-5-1-2-6-14/h3-4,7-12,14,25H,1-2,5-6H2,(H,26,28). The van der Waals surface area contributed by atoms with E-state index in [1.807, 2.05) is 0 Å². The van der Waals surface area contributed by atoms with Crippen LogP contribution in [0.25, 0.3) is 0 Å². The summed E-state index contributed by atoms with van der Waals surface area (Å²) >= 11 is 6.07. The number of nitrogens with zero attached hydrogens (tertiary/aromatic N) is 1. The van der Waals surface area contributed by atoms with E-state index in [2.05, 4.69) is 10.6 Å². The van der Waals surface area contributed by atoms with Crippen LogP contribution in [0.1, 0.15) is 36.0 Å². The molecule has 3 amide bonds. The van der Waals surface area contributed by atoms with Crippen molar-refractivity contribution < 1.29 is 18.8 Å². The Labute approximate surface area is 177 Å². The molecular weight excluding hydrogens is 409 g/mol. The Morgan fingerprint density at radius 1 is 1.00 bits per heavy atom. The first-order valence-electron chi connectivity index (χ1n) is 9.67. The zero-order valence-electron chi connectivity index (χ0n) is 16.0. The van der Waals surface area contributed by atoms with Gasteiger partial charge in [-0.1, -0.05) is 36.6 Å². The van der Waals surface area contributed by atoms with Crippen molar-refractivity contribution in [3.63, 3.8) is 0 Å². The summed E-state index contributed by atoms with van der Waals surface area (Å²) < 4.78 is 14.1. The molecule has 2 aromatic rings. The van der Waals surface area contributed by atoms with E-state index >= 15 is 0 Å². The molecule has 0 spiro atoms. The topological polar surface area (TPSA) is 78.5 Å². The molecule has 1 saturated carbocycles. The number of nitrogens with one attached hydrogen (secondary N) is 2. The first-order valence-corrected chi connectivity index (χ1v) is 10.0. The Hall–Kier alpha value is -3.19. The minimum Gasteiger partial charge on any atom is -0.350 e. The van der Waals surface area contributed by atoms with Crippen molar-refractivity contribution in [2.45, 2.75) is 31.7 Å². The Morgan fingerprint density at radius 2 is 1.67 bits per heavy atom. The number of benzene rings is 2. The number of para-hydroxylation sites is 1. The SMILES string of the molecule is O=C(NC1CCCC1)c1ccc(NC2=C(Cl)C(=O)N(c3ccccc3F)C2=O)cc1. The molecule has 0 bridgehead atoms. The van der Waals surface area contributed by atoms with Gasteiger partial charge in [0.05, 0.1) is 5.69 Å². The van der Waals surface area contributed by atoms with Crippen molar-refractivity contribution in [3.8, 4) is 0 Å². The summed E-state index contributed by atoms with van der Waals surface area (Å²) in [6, 6.07) is 12.2. The van der Waals surface area contributed by atoms with Crippen LogP contribution in [0.4, 0.5) is 15.8 Å². The van der Waals surface area contributed by atoms with Crippen molar-refractivity contribution in [2.24, 2.45) is 0 Å².